The maximum Gasteiger partial charge on any atom is 0.128 e. The summed E-state index contributed by atoms with van der Waals surface area (Å²) in [5, 5.41) is 13.7. The van der Waals surface area contributed by atoms with Crippen LogP contribution >= 0.6 is 0 Å². The molecule has 0 radical (unpaired) electrons. The Hall–Kier alpha value is -4.27. The van der Waals surface area contributed by atoms with E-state index < -0.39 is 0 Å². The van der Waals surface area contributed by atoms with Crippen molar-refractivity contribution in [3.63, 3.8) is 0 Å². The number of hydrogen-bond acceptors (Lipinski definition) is 3. The van der Waals surface area contributed by atoms with Crippen LogP contribution in [0.1, 0.15) is 11.1 Å². The molecule has 4 aromatic carbocycles. The van der Waals surface area contributed by atoms with Crippen LogP contribution in [0.3, 0.4) is 0 Å². The molecule has 39 heavy (non-hydrogen) atoms. The number of aromatic nitrogens is 3. The third-order valence-electron chi connectivity index (χ3n) is 6.71. The number of rotatable bonds is 7. The van der Waals surface area contributed by atoms with E-state index in [1.807, 2.05) is 73.2 Å². The number of nitrogens with zero attached hydrogens (tertiary/aromatic N) is 2. The van der Waals surface area contributed by atoms with Crippen LogP contribution in [0.2, 0.25) is 0 Å². The van der Waals surface area contributed by atoms with Gasteiger partial charge in [-0.25, -0.2) is 0 Å². The Morgan fingerprint density at radius 1 is 0.795 bits per heavy atom. The van der Waals surface area contributed by atoms with Crippen molar-refractivity contribution < 1.29 is 26.2 Å². The normalized spacial score (nSPS) is 11.1. The molecule has 0 unspecified atom stereocenters. The zero-order chi connectivity index (χ0) is 25.7. The van der Waals surface area contributed by atoms with Gasteiger partial charge in [-0.15, -0.1) is 35.9 Å². The molecular weight excluding hydrogens is 661 g/mol. The van der Waals surface area contributed by atoms with Crippen LogP contribution in [0.5, 0.6) is 5.75 Å². The average Bonchev–Trinajstić information content (AvgIpc) is 3.47. The maximum atomic E-state index is 11.3. The second-order valence-corrected chi connectivity index (χ2v) is 9.21. The quantitative estimate of drug-likeness (QED) is 0.133. The smallest absolute Gasteiger partial charge is 0.128 e. The molecule has 2 aromatic heterocycles. The summed E-state index contributed by atoms with van der Waals surface area (Å²) >= 11 is 0. The van der Waals surface area contributed by atoms with Crippen LogP contribution in [0.15, 0.2) is 122 Å². The molecule has 0 fully saturated rings. The number of fused-ring (bicyclic) bond motifs is 1. The number of aromatic amines is 1. The minimum absolute atomic E-state index is 0. The van der Waals surface area contributed by atoms with E-state index in [4.69, 9.17) is 4.98 Å². The molecule has 0 aliphatic carbocycles. The van der Waals surface area contributed by atoms with E-state index in [9.17, 15) is 5.11 Å². The van der Waals surface area contributed by atoms with Crippen LogP contribution < -0.4 is 0 Å². The van der Waals surface area contributed by atoms with E-state index >= 15 is 0 Å². The molecule has 0 aliphatic rings. The first-order valence-electron chi connectivity index (χ1n) is 12.7. The molecule has 194 valence electrons. The summed E-state index contributed by atoms with van der Waals surface area (Å²) in [5.41, 5.74) is 6.44. The third-order valence-corrected chi connectivity index (χ3v) is 6.71. The minimum atomic E-state index is 0. The number of H-pyrrole nitrogens is 1. The molecule has 4 nitrogen and oxygen atoms in total. The molecule has 6 aromatic rings. The monoisotopic (exact) mass is 687 g/mol. The van der Waals surface area contributed by atoms with E-state index in [2.05, 4.69) is 64.6 Å². The number of phenolic OH excluding ortho intramolecular Hbond substituents is 1. The Morgan fingerprint density at radius 2 is 1.56 bits per heavy atom. The van der Waals surface area contributed by atoms with Gasteiger partial charge in [0.2, 0.25) is 0 Å². The van der Waals surface area contributed by atoms with Gasteiger partial charge in [0.05, 0.1) is 11.5 Å². The Morgan fingerprint density at radius 3 is 2.38 bits per heavy atom. The molecule has 0 saturated heterocycles. The zero-order valence-electron chi connectivity index (χ0n) is 21.1. The first-order valence-corrected chi connectivity index (χ1v) is 12.7. The number of imidazole rings is 1. The SMILES string of the molecule is Oc1c(C/C=C/Cc2cncc3ccccc23)cc(-c2ccccc2)cc1-c1c[nH]c(-c2[c-]cccc2)n1.[Pt]. The van der Waals surface area contributed by atoms with E-state index in [0.717, 1.165) is 39.9 Å². The summed E-state index contributed by atoms with van der Waals surface area (Å²) in [4.78, 5) is 12.4. The van der Waals surface area contributed by atoms with E-state index in [-0.39, 0.29) is 26.8 Å². The first kappa shape index (κ1) is 26.3. The van der Waals surface area contributed by atoms with Crippen molar-refractivity contribution in [3.8, 4) is 39.5 Å². The van der Waals surface area contributed by atoms with Gasteiger partial charge in [-0.3, -0.25) is 9.97 Å². The Balaban J connectivity index is 0.00000308. The third kappa shape index (κ3) is 5.77. The molecule has 0 saturated carbocycles. The average molecular weight is 688 g/mol. The van der Waals surface area contributed by atoms with E-state index in [1.54, 1.807) is 0 Å². The van der Waals surface area contributed by atoms with Crippen molar-refractivity contribution in [2.75, 3.05) is 0 Å². The largest absolute Gasteiger partial charge is 0.507 e. The number of aromatic hydroxyl groups is 1. The number of benzene rings is 4. The van der Waals surface area contributed by atoms with Crippen LogP contribution in [0, 0.1) is 6.07 Å². The molecule has 2 heterocycles. The molecule has 0 atom stereocenters. The molecule has 0 aliphatic heterocycles. The summed E-state index contributed by atoms with van der Waals surface area (Å²) in [6.45, 7) is 0. The van der Waals surface area contributed by atoms with Gasteiger partial charge in [0.15, 0.2) is 0 Å². The van der Waals surface area contributed by atoms with Crippen LogP contribution in [0.25, 0.3) is 44.5 Å². The van der Waals surface area contributed by atoms with Crippen molar-refractivity contribution in [1.29, 1.82) is 0 Å². The predicted molar refractivity (Wildman–Crippen MR) is 154 cm³/mol. The Kier molecular flexibility index (Phi) is 8.15. The van der Waals surface area contributed by atoms with Crippen LogP contribution in [-0.4, -0.2) is 20.1 Å². The molecule has 0 spiro atoms. The molecule has 5 heteroatoms. The molecule has 2 N–H and O–H groups in total. The Labute approximate surface area is 242 Å². The zero-order valence-corrected chi connectivity index (χ0v) is 23.4. The van der Waals surface area contributed by atoms with Gasteiger partial charge in [-0.1, -0.05) is 66.7 Å². The Bertz CT molecular complexity index is 1720. The number of hydrogen-bond donors (Lipinski definition) is 2. The van der Waals surface area contributed by atoms with Gasteiger partial charge in [-0.05, 0) is 52.6 Å². The fourth-order valence-corrected chi connectivity index (χ4v) is 4.74. The van der Waals surface area contributed by atoms with E-state index in [0.29, 0.717) is 17.7 Å². The molecular formula is C34H26N3OPt-. The van der Waals surface area contributed by atoms with Gasteiger partial charge in [0.1, 0.15) is 5.75 Å². The summed E-state index contributed by atoms with van der Waals surface area (Å²) in [6.07, 6.45) is 11.3. The van der Waals surface area contributed by atoms with Gasteiger partial charge >= 0.3 is 0 Å². The molecule has 0 bridgehead atoms. The number of phenols is 1. The maximum absolute atomic E-state index is 11.3. The summed E-state index contributed by atoms with van der Waals surface area (Å²) in [6, 6.07) is 33.5. The molecule has 6 rings (SSSR count). The second-order valence-electron chi connectivity index (χ2n) is 9.21. The minimum Gasteiger partial charge on any atom is -0.507 e. The van der Waals surface area contributed by atoms with Crippen molar-refractivity contribution in [3.05, 3.63) is 139 Å². The topological polar surface area (TPSA) is 61.8 Å². The number of nitrogens with one attached hydrogen (secondary N) is 1. The van der Waals surface area contributed by atoms with Gasteiger partial charge < -0.3 is 10.1 Å². The summed E-state index contributed by atoms with van der Waals surface area (Å²) < 4.78 is 0. The van der Waals surface area contributed by atoms with Gasteiger partial charge in [-0.2, -0.15) is 0 Å². The standard InChI is InChI=1S/C34H26N3O.Pt/c38-33-26(15-7-8-16-27-21-35-22-28-17-9-10-18-30(27)28)19-29(24-11-3-1-4-12-24)20-31(33)32-23-36-34(37-32)25-13-5-2-6-14-25;/h1-13,17-23,38H,15-16H2,(H,36,37);/q-1;/b8-7+;. The van der Waals surface area contributed by atoms with E-state index in [1.165, 1.54) is 10.9 Å². The van der Waals surface area contributed by atoms with Crippen molar-refractivity contribution in [2.45, 2.75) is 12.8 Å². The number of allylic oxidation sites excluding steroid dienone is 2. The van der Waals surface area contributed by atoms with Crippen molar-refractivity contribution in [2.24, 2.45) is 0 Å². The summed E-state index contributed by atoms with van der Waals surface area (Å²) in [5.74, 6) is 0.964. The fraction of sp³-hybridized carbons (Fsp3) is 0.0588. The first-order chi connectivity index (χ1) is 18.8. The molecule has 0 amide bonds. The van der Waals surface area contributed by atoms with Crippen molar-refractivity contribution in [1.82, 2.24) is 15.0 Å². The van der Waals surface area contributed by atoms with Gasteiger partial charge in [0.25, 0.3) is 0 Å². The summed E-state index contributed by atoms with van der Waals surface area (Å²) in [7, 11) is 0. The van der Waals surface area contributed by atoms with Crippen molar-refractivity contribution >= 4 is 10.8 Å². The fourth-order valence-electron chi connectivity index (χ4n) is 4.74. The van der Waals surface area contributed by atoms with Gasteiger partial charge in [0, 0.05) is 50.6 Å². The second kappa shape index (κ2) is 12.1. The number of pyridine rings is 1. The predicted octanol–water partition coefficient (Wildman–Crippen LogP) is 7.80. The van der Waals surface area contributed by atoms with Crippen LogP contribution in [0.4, 0.5) is 0 Å². The van der Waals surface area contributed by atoms with Crippen LogP contribution in [-0.2, 0) is 33.9 Å².